The molecule has 1 aromatic carbocycles. The zero-order valence-corrected chi connectivity index (χ0v) is 21.4. The lowest BCUT2D eigenvalue weighted by Crippen LogP contribution is -2.28. The second kappa shape index (κ2) is 9.84. The van der Waals surface area contributed by atoms with Gasteiger partial charge in [0.15, 0.2) is 5.65 Å². The first kappa shape index (κ1) is 24.0. The number of fused-ring (bicyclic) bond motifs is 2. The molecule has 4 heterocycles. The maximum atomic E-state index is 14.0. The zero-order valence-electron chi connectivity index (χ0n) is 21.4. The summed E-state index contributed by atoms with van der Waals surface area (Å²) in [7, 11) is 0. The lowest BCUT2D eigenvalue weighted by molar-refractivity contribution is 0.318. The van der Waals surface area contributed by atoms with Gasteiger partial charge in [0.1, 0.15) is 35.0 Å². The molecule has 4 aromatic rings. The zero-order chi connectivity index (χ0) is 25.5. The maximum Gasteiger partial charge on any atom is 0.160 e. The number of nitrogens with one attached hydrogen (secondary N) is 1. The molecule has 0 bridgehead atoms. The number of rotatable bonds is 6. The molecule has 37 heavy (non-hydrogen) atoms. The number of aryl methyl sites for hydroxylation is 1. The molecular weight excluding hydrogens is 472 g/mol. The molecule has 2 aliphatic rings. The van der Waals surface area contributed by atoms with Crippen LogP contribution in [0.1, 0.15) is 57.6 Å². The molecule has 1 aliphatic carbocycles. The summed E-state index contributed by atoms with van der Waals surface area (Å²) in [6.45, 7) is 5.14. The van der Waals surface area contributed by atoms with Crippen molar-refractivity contribution in [2.75, 3.05) is 23.3 Å². The Morgan fingerprint density at radius 2 is 1.84 bits per heavy atom. The summed E-state index contributed by atoms with van der Waals surface area (Å²) in [4.78, 5) is 16.2. The molecule has 0 radical (unpaired) electrons. The lowest BCUT2D eigenvalue weighted by atomic mass is 9.83. The summed E-state index contributed by atoms with van der Waals surface area (Å²) in [6.07, 6.45) is 6.93. The van der Waals surface area contributed by atoms with E-state index in [1.807, 2.05) is 28.5 Å². The summed E-state index contributed by atoms with van der Waals surface area (Å²) in [5.74, 6) is 2.07. The molecule has 9 heteroatoms. The van der Waals surface area contributed by atoms with E-state index >= 15 is 0 Å². The number of hydrogen-bond acceptors (Lipinski definition) is 6. The SMILES string of the molecule is CCC[C@H]1CC[C@H](Nc2cc(N3CC[C@@H](F)C3)nc3cc(-c4nc5cc(F)ccc5nc4C)nn23)CC1. The van der Waals surface area contributed by atoms with E-state index in [2.05, 4.69) is 17.2 Å². The van der Waals surface area contributed by atoms with Gasteiger partial charge in [-0.25, -0.2) is 23.7 Å². The molecule has 6 rings (SSSR count). The van der Waals surface area contributed by atoms with Gasteiger partial charge in [0.05, 0.1) is 23.3 Å². The Kier molecular flexibility index (Phi) is 6.38. The minimum atomic E-state index is -0.834. The summed E-state index contributed by atoms with van der Waals surface area (Å²) < 4.78 is 29.7. The smallest absolute Gasteiger partial charge is 0.160 e. The highest BCUT2D eigenvalue weighted by Crippen LogP contribution is 2.32. The molecule has 1 saturated carbocycles. The Morgan fingerprint density at radius 1 is 1.00 bits per heavy atom. The second-order valence-corrected chi connectivity index (χ2v) is 10.6. The highest BCUT2D eigenvalue weighted by Gasteiger charge is 2.26. The number of hydrogen-bond donors (Lipinski definition) is 1. The number of alkyl halides is 1. The normalized spacial score (nSPS) is 22.3. The molecule has 0 unspecified atom stereocenters. The average Bonchev–Trinajstić information content (AvgIpc) is 3.51. The fourth-order valence-corrected chi connectivity index (χ4v) is 5.84. The number of nitrogens with zero attached hydrogens (tertiary/aromatic N) is 6. The van der Waals surface area contributed by atoms with Gasteiger partial charge in [-0.05, 0) is 57.1 Å². The van der Waals surface area contributed by atoms with Gasteiger partial charge in [0.25, 0.3) is 0 Å². The standard InChI is InChI=1S/C28H33F2N7/c1-3-4-18-5-8-21(9-6-18)32-27-15-25(36-12-11-20(30)16-36)34-26-14-24(35-37(26)27)28-17(2)31-22-10-7-19(29)13-23(22)33-28/h7,10,13-15,18,20-21,32H,3-6,8-9,11-12,16H2,1-2H3/t18-,20-,21-/m1/s1. The van der Waals surface area contributed by atoms with Crippen LogP contribution in [0.5, 0.6) is 0 Å². The molecular formula is C28H33F2N7. The Balaban J connectivity index is 1.38. The van der Waals surface area contributed by atoms with Gasteiger partial charge in [0.2, 0.25) is 0 Å². The predicted octanol–water partition coefficient (Wildman–Crippen LogP) is 6.11. The van der Waals surface area contributed by atoms with E-state index in [1.165, 1.54) is 37.8 Å². The monoisotopic (exact) mass is 505 g/mol. The topological polar surface area (TPSA) is 71.2 Å². The largest absolute Gasteiger partial charge is 0.367 e. The van der Waals surface area contributed by atoms with Crippen LogP contribution in [-0.4, -0.2) is 49.9 Å². The van der Waals surface area contributed by atoms with Crippen LogP contribution in [-0.2, 0) is 0 Å². The van der Waals surface area contributed by atoms with Crippen LogP contribution in [0.25, 0.3) is 28.1 Å². The van der Waals surface area contributed by atoms with Crippen molar-refractivity contribution < 1.29 is 8.78 Å². The van der Waals surface area contributed by atoms with Crippen LogP contribution in [0, 0.1) is 18.7 Å². The molecule has 1 saturated heterocycles. The van der Waals surface area contributed by atoms with Crippen molar-refractivity contribution >= 4 is 28.3 Å². The lowest BCUT2D eigenvalue weighted by Gasteiger charge is -2.30. The minimum Gasteiger partial charge on any atom is -0.367 e. The van der Waals surface area contributed by atoms with Gasteiger partial charge in [0, 0.05) is 30.8 Å². The molecule has 1 aliphatic heterocycles. The van der Waals surface area contributed by atoms with E-state index in [0.717, 1.165) is 30.4 Å². The maximum absolute atomic E-state index is 14.0. The minimum absolute atomic E-state index is 0.352. The Labute approximate surface area is 215 Å². The summed E-state index contributed by atoms with van der Waals surface area (Å²) in [5.41, 5.74) is 3.73. The molecule has 1 atom stereocenters. The van der Waals surface area contributed by atoms with Crippen LogP contribution in [0.2, 0.25) is 0 Å². The predicted molar refractivity (Wildman–Crippen MR) is 142 cm³/mol. The van der Waals surface area contributed by atoms with Gasteiger partial charge in [-0.2, -0.15) is 9.61 Å². The molecule has 0 spiro atoms. The van der Waals surface area contributed by atoms with E-state index in [9.17, 15) is 8.78 Å². The average molecular weight is 506 g/mol. The Hall–Kier alpha value is -3.36. The number of halogens is 2. The molecule has 7 nitrogen and oxygen atoms in total. The third-order valence-electron chi connectivity index (χ3n) is 7.81. The van der Waals surface area contributed by atoms with E-state index in [4.69, 9.17) is 15.1 Å². The van der Waals surface area contributed by atoms with Gasteiger partial charge >= 0.3 is 0 Å². The molecule has 194 valence electrons. The molecule has 2 fully saturated rings. The molecule has 1 N–H and O–H groups in total. The van der Waals surface area contributed by atoms with Crippen LogP contribution in [0.3, 0.4) is 0 Å². The summed E-state index contributed by atoms with van der Waals surface area (Å²) in [6, 6.07) is 8.65. The first-order valence-electron chi connectivity index (χ1n) is 13.5. The van der Waals surface area contributed by atoms with Crippen LogP contribution in [0.15, 0.2) is 30.3 Å². The molecule has 0 amide bonds. The quantitative estimate of drug-likeness (QED) is 0.341. The number of anilines is 2. The third kappa shape index (κ3) is 4.83. The first-order chi connectivity index (χ1) is 18.0. The number of aromatic nitrogens is 5. The van der Waals surface area contributed by atoms with E-state index in [-0.39, 0.29) is 5.82 Å². The van der Waals surface area contributed by atoms with Crippen molar-refractivity contribution in [3.8, 4) is 11.4 Å². The van der Waals surface area contributed by atoms with Crippen molar-refractivity contribution in [2.45, 2.75) is 71.0 Å². The third-order valence-corrected chi connectivity index (χ3v) is 7.81. The summed E-state index contributed by atoms with van der Waals surface area (Å²) in [5, 5.41) is 8.60. The van der Waals surface area contributed by atoms with Gasteiger partial charge < -0.3 is 10.2 Å². The van der Waals surface area contributed by atoms with E-state index in [1.54, 1.807) is 6.07 Å². The van der Waals surface area contributed by atoms with Crippen molar-refractivity contribution in [3.63, 3.8) is 0 Å². The van der Waals surface area contributed by atoms with Gasteiger partial charge in [-0.1, -0.05) is 19.8 Å². The van der Waals surface area contributed by atoms with Crippen LogP contribution >= 0.6 is 0 Å². The van der Waals surface area contributed by atoms with E-state index < -0.39 is 6.17 Å². The van der Waals surface area contributed by atoms with E-state index in [0.29, 0.717) is 59.3 Å². The fourth-order valence-electron chi connectivity index (χ4n) is 5.84. The fraction of sp³-hybridized carbons (Fsp3) is 0.500. The first-order valence-corrected chi connectivity index (χ1v) is 13.5. The number of benzene rings is 1. The Bertz CT molecular complexity index is 1430. The Morgan fingerprint density at radius 3 is 2.59 bits per heavy atom. The van der Waals surface area contributed by atoms with Crippen molar-refractivity contribution in [3.05, 3.63) is 41.8 Å². The summed E-state index contributed by atoms with van der Waals surface area (Å²) >= 11 is 0. The van der Waals surface area contributed by atoms with Gasteiger partial charge in [-0.15, -0.1) is 0 Å². The van der Waals surface area contributed by atoms with Crippen LogP contribution < -0.4 is 10.2 Å². The molecule has 3 aromatic heterocycles. The van der Waals surface area contributed by atoms with Crippen molar-refractivity contribution in [1.29, 1.82) is 0 Å². The highest BCUT2D eigenvalue weighted by atomic mass is 19.1. The van der Waals surface area contributed by atoms with Crippen molar-refractivity contribution in [1.82, 2.24) is 24.6 Å². The van der Waals surface area contributed by atoms with Crippen LogP contribution in [0.4, 0.5) is 20.4 Å². The van der Waals surface area contributed by atoms with Crippen molar-refractivity contribution in [2.24, 2.45) is 5.92 Å². The van der Waals surface area contributed by atoms with Gasteiger partial charge in [-0.3, -0.25) is 0 Å². The highest BCUT2D eigenvalue weighted by molar-refractivity contribution is 5.78. The second-order valence-electron chi connectivity index (χ2n) is 10.6.